The number of halogens is 1. The van der Waals surface area contributed by atoms with Gasteiger partial charge in [-0.3, -0.25) is 4.98 Å². The second kappa shape index (κ2) is 8.03. The van der Waals surface area contributed by atoms with Crippen LogP contribution in [0.5, 0.6) is 0 Å². The molecule has 1 N–H and O–H groups in total. The fraction of sp³-hybridized carbons (Fsp3) is 0.353. The molecule has 3 heteroatoms. The van der Waals surface area contributed by atoms with Crippen LogP contribution in [0.25, 0.3) is 0 Å². The van der Waals surface area contributed by atoms with Crippen molar-refractivity contribution in [2.45, 2.75) is 32.2 Å². The van der Waals surface area contributed by atoms with Gasteiger partial charge in [-0.2, -0.15) is 0 Å². The van der Waals surface area contributed by atoms with Crippen molar-refractivity contribution < 1.29 is 0 Å². The summed E-state index contributed by atoms with van der Waals surface area (Å²) in [6, 6.07) is 12.7. The molecule has 2 aromatic rings. The second-order valence-electron chi connectivity index (χ2n) is 5.04. The molecule has 0 saturated heterocycles. The van der Waals surface area contributed by atoms with Gasteiger partial charge in [0.25, 0.3) is 0 Å². The fourth-order valence-electron chi connectivity index (χ4n) is 2.27. The van der Waals surface area contributed by atoms with Gasteiger partial charge < -0.3 is 5.32 Å². The Balaban J connectivity index is 2.01. The molecule has 2 rings (SSSR count). The van der Waals surface area contributed by atoms with Crippen LogP contribution in [0.4, 0.5) is 0 Å². The number of aromatic nitrogens is 1. The van der Waals surface area contributed by atoms with Crippen LogP contribution < -0.4 is 5.32 Å². The number of nitrogens with one attached hydrogen (secondary N) is 1. The van der Waals surface area contributed by atoms with Crippen molar-refractivity contribution in [2.24, 2.45) is 0 Å². The molecule has 0 bridgehead atoms. The van der Waals surface area contributed by atoms with Crippen molar-refractivity contribution in [3.8, 4) is 0 Å². The Kier molecular flexibility index (Phi) is 6.03. The maximum absolute atomic E-state index is 5.94. The van der Waals surface area contributed by atoms with E-state index in [9.17, 15) is 0 Å². The smallest absolute Gasteiger partial charge is 0.0406 e. The van der Waals surface area contributed by atoms with Crippen molar-refractivity contribution in [3.05, 3.63) is 64.9 Å². The molecule has 1 aromatic carbocycles. The Labute approximate surface area is 126 Å². The largest absolute Gasteiger partial charge is 0.313 e. The zero-order valence-corrected chi connectivity index (χ0v) is 12.6. The molecule has 0 aliphatic carbocycles. The third-order valence-corrected chi connectivity index (χ3v) is 3.56. The van der Waals surface area contributed by atoms with Gasteiger partial charge in [0, 0.05) is 23.5 Å². The molecule has 1 atom stereocenters. The van der Waals surface area contributed by atoms with E-state index in [0.717, 1.165) is 30.8 Å². The monoisotopic (exact) mass is 288 g/mol. The highest BCUT2D eigenvalue weighted by molar-refractivity contribution is 6.30. The number of pyridine rings is 1. The summed E-state index contributed by atoms with van der Waals surface area (Å²) < 4.78 is 0. The van der Waals surface area contributed by atoms with E-state index < -0.39 is 0 Å². The zero-order chi connectivity index (χ0) is 14.2. The van der Waals surface area contributed by atoms with E-state index in [4.69, 9.17) is 11.6 Å². The highest BCUT2D eigenvalue weighted by Gasteiger charge is 2.10. The average molecular weight is 289 g/mol. The van der Waals surface area contributed by atoms with Gasteiger partial charge in [-0.1, -0.05) is 30.7 Å². The predicted molar refractivity (Wildman–Crippen MR) is 85.2 cm³/mol. The SMILES string of the molecule is CCCNC(Cc1ccncc1)Cc1ccc(Cl)cc1. The molecular weight excluding hydrogens is 268 g/mol. The Morgan fingerprint density at radius 1 is 1.00 bits per heavy atom. The molecule has 0 radical (unpaired) electrons. The van der Waals surface area contributed by atoms with Gasteiger partial charge in [-0.05, 0) is 61.2 Å². The molecule has 1 aromatic heterocycles. The summed E-state index contributed by atoms with van der Waals surface area (Å²) in [7, 11) is 0. The third-order valence-electron chi connectivity index (χ3n) is 3.31. The first-order valence-corrected chi connectivity index (χ1v) is 7.52. The van der Waals surface area contributed by atoms with Gasteiger partial charge in [-0.25, -0.2) is 0 Å². The lowest BCUT2D eigenvalue weighted by Crippen LogP contribution is -2.33. The van der Waals surface area contributed by atoms with Gasteiger partial charge in [0.15, 0.2) is 0 Å². The maximum atomic E-state index is 5.94. The first-order valence-electron chi connectivity index (χ1n) is 7.14. The van der Waals surface area contributed by atoms with Crippen LogP contribution in [0.1, 0.15) is 24.5 Å². The summed E-state index contributed by atoms with van der Waals surface area (Å²) in [5, 5.41) is 4.42. The normalized spacial score (nSPS) is 12.3. The predicted octanol–water partition coefficient (Wildman–Crippen LogP) is 3.89. The summed E-state index contributed by atoms with van der Waals surface area (Å²) in [5.41, 5.74) is 2.64. The van der Waals surface area contributed by atoms with Gasteiger partial charge >= 0.3 is 0 Å². The first kappa shape index (κ1) is 15.0. The summed E-state index contributed by atoms with van der Waals surface area (Å²) in [4.78, 5) is 4.07. The topological polar surface area (TPSA) is 24.9 Å². The van der Waals surface area contributed by atoms with E-state index in [0.29, 0.717) is 6.04 Å². The van der Waals surface area contributed by atoms with E-state index >= 15 is 0 Å². The lowest BCUT2D eigenvalue weighted by molar-refractivity contribution is 0.504. The molecule has 2 nitrogen and oxygen atoms in total. The van der Waals surface area contributed by atoms with Crippen LogP contribution in [0.15, 0.2) is 48.8 Å². The van der Waals surface area contributed by atoms with Gasteiger partial charge in [0.2, 0.25) is 0 Å². The van der Waals surface area contributed by atoms with Crippen molar-refractivity contribution in [1.29, 1.82) is 0 Å². The quantitative estimate of drug-likeness (QED) is 0.836. The van der Waals surface area contributed by atoms with Crippen LogP contribution >= 0.6 is 11.6 Å². The summed E-state index contributed by atoms with van der Waals surface area (Å²) in [6.45, 7) is 3.24. The second-order valence-corrected chi connectivity index (χ2v) is 5.48. The molecule has 20 heavy (non-hydrogen) atoms. The Morgan fingerprint density at radius 3 is 2.20 bits per heavy atom. The average Bonchev–Trinajstić information content (AvgIpc) is 2.48. The summed E-state index contributed by atoms with van der Waals surface area (Å²) in [5.74, 6) is 0. The van der Waals surface area contributed by atoms with Gasteiger partial charge in [0.1, 0.15) is 0 Å². The number of hydrogen-bond acceptors (Lipinski definition) is 2. The Hall–Kier alpha value is -1.38. The van der Waals surface area contributed by atoms with Gasteiger partial charge in [-0.15, -0.1) is 0 Å². The maximum Gasteiger partial charge on any atom is 0.0406 e. The van der Waals surface area contributed by atoms with Crippen LogP contribution in [0.3, 0.4) is 0 Å². The number of benzene rings is 1. The molecule has 0 spiro atoms. The van der Waals surface area contributed by atoms with Gasteiger partial charge in [0.05, 0.1) is 0 Å². The summed E-state index contributed by atoms with van der Waals surface area (Å²) >= 11 is 5.94. The minimum Gasteiger partial charge on any atom is -0.313 e. The molecule has 106 valence electrons. The first-order chi connectivity index (χ1) is 9.78. The molecule has 0 aliphatic rings. The fourth-order valence-corrected chi connectivity index (χ4v) is 2.40. The molecule has 1 unspecified atom stereocenters. The van der Waals surface area contributed by atoms with Crippen LogP contribution in [-0.4, -0.2) is 17.6 Å². The van der Waals surface area contributed by atoms with Crippen LogP contribution in [-0.2, 0) is 12.8 Å². The van der Waals surface area contributed by atoms with Crippen molar-refractivity contribution >= 4 is 11.6 Å². The highest BCUT2D eigenvalue weighted by Crippen LogP contribution is 2.13. The Bertz CT molecular complexity index is 496. The Morgan fingerprint density at radius 2 is 1.60 bits per heavy atom. The van der Waals surface area contributed by atoms with E-state index in [1.54, 1.807) is 0 Å². The van der Waals surface area contributed by atoms with Crippen molar-refractivity contribution in [2.75, 3.05) is 6.54 Å². The van der Waals surface area contributed by atoms with Crippen LogP contribution in [0.2, 0.25) is 5.02 Å². The van der Waals surface area contributed by atoms with E-state index in [2.05, 4.69) is 41.5 Å². The molecule has 0 amide bonds. The standard InChI is InChI=1S/C17H21ClN2/c1-2-9-20-17(13-15-7-10-19-11-8-15)12-14-3-5-16(18)6-4-14/h3-8,10-11,17,20H,2,9,12-13H2,1H3. The lowest BCUT2D eigenvalue weighted by atomic mass is 9.99. The molecule has 0 aliphatic heterocycles. The van der Waals surface area contributed by atoms with Crippen molar-refractivity contribution in [3.63, 3.8) is 0 Å². The van der Waals surface area contributed by atoms with Crippen molar-refractivity contribution in [1.82, 2.24) is 10.3 Å². The highest BCUT2D eigenvalue weighted by atomic mass is 35.5. The molecule has 0 saturated carbocycles. The molecule has 0 fully saturated rings. The number of nitrogens with zero attached hydrogens (tertiary/aromatic N) is 1. The summed E-state index contributed by atoms with van der Waals surface area (Å²) in [6.07, 6.45) is 6.89. The minimum atomic E-state index is 0.443. The molecular formula is C17H21ClN2. The lowest BCUT2D eigenvalue weighted by Gasteiger charge is -2.19. The zero-order valence-electron chi connectivity index (χ0n) is 11.8. The minimum absolute atomic E-state index is 0.443. The van der Waals surface area contributed by atoms with E-state index in [1.165, 1.54) is 11.1 Å². The molecule has 1 heterocycles. The van der Waals surface area contributed by atoms with Crippen LogP contribution in [0, 0.1) is 0 Å². The number of rotatable bonds is 7. The number of hydrogen-bond donors (Lipinski definition) is 1. The van der Waals surface area contributed by atoms with E-state index in [1.807, 2.05) is 24.5 Å². The van der Waals surface area contributed by atoms with E-state index in [-0.39, 0.29) is 0 Å². The third kappa shape index (κ3) is 4.95.